The minimum atomic E-state index is -0.456. The van der Waals surface area contributed by atoms with E-state index in [4.69, 9.17) is 11.6 Å². The number of non-ortho nitro benzene ring substituents is 1. The molecule has 0 aromatic heterocycles. The summed E-state index contributed by atoms with van der Waals surface area (Å²) in [7, 11) is 0. The summed E-state index contributed by atoms with van der Waals surface area (Å²) in [5, 5.41) is 11.3. The lowest BCUT2D eigenvalue weighted by molar-refractivity contribution is -0.384. The van der Waals surface area contributed by atoms with Crippen molar-refractivity contribution in [1.82, 2.24) is 0 Å². The molecule has 2 aromatic rings. The van der Waals surface area contributed by atoms with Crippen LogP contribution in [0, 0.1) is 10.1 Å². The van der Waals surface area contributed by atoms with Gasteiger partial charge in [0, 0.05) is 23.6 Å². The molecule has 118 valence electrons. The van der Waals surface area contributed by atoms with E-state index in [1.54, 1.807) is 23.1 Å². The van der Waals surface area contributed by atoms with E-state index < -0.39 is 4.92 Å². The predicted octanol–water partition coefficient (Wildman–Crippen LogP) is 4.17. The number of carbonyl (C=O) groups is 1. The maximum Gasteiger partial charge on any atom is 0.271 e. The second-order valence-electron chi connectivity index (χ2n) is 5.12. The Morgan fingerprint density at radius 2 is 2.09 bits per heavy atom. The second-order valence-corrected chi connectivity index (χ2v) is 6.41. The zero-order chi connectivity index (χ0) is 16.6. The first-order chi connectivity index (χ1) is 11.0. The molecule has 0 saturated heterocycles. The summed E-state index contributed by atoms with van der Waals surface area (Å²) >= 11 is 7.70. The van der Waals surface area contributed by atoms with Crippen molar-refractivity contribution in [3.05, 3.63) is 62.7 Å². The molecule has 1 heterocycles. The first kappa shape index (κ1) is 15.8. The van der Waals surface area contributed by atoms with Crippen molar-refractivity contribution in [2.24, 2.45) is 0 Å². The third-order valence-corrected chi connectivity index (χ3v) is 4.88. The molecule has 0 aliphatic carbocycles. The third-order valence-electron chi connectivity index (χ3n) is 3.82. The Bertz CT molecular complexity index is 810. The molecule has 1 amide bonds. The Morgan fingerprint density at radius 1 is 1.30 bits per heavy atom. The van der Waals surface area contributed by atoms with Crippen LogP contribution < -0.4 is 4.90 Å². The van der Waals surface area contributed by atoms with E-state index in [1.165, 1.54) is 23.9 Å². The third kappa shape index (κ3) is 2.92. The number of benzene rings is 2. The van der Waals surface area contributed by atoms with Crippen LogP contribution in [0.2, 0.25) is 5.02 Å². The number of nitrogens with zero attached hydrogens (tertiary/aromatic N) is 2. The summed E-state index contributed by atoms with van der Waals surface area (Å²) < 4.78 is 0. The number of rotatable bonds is 3. The average molecular weight is 349 g/mol. The van der Waals surface area contributed by atoms with Gasteiger partial charge < -0.3 is 4.90 Å². The lowest BCUT2D eigenvalue weighted by Gasteiger charge is -2.18. The van der Waals surface area contributed by atoms with Crippen LogP contribution in [-0.2, 0) is 6.42 Å². The molecule has 0 fully saturated rings. The van der Waals surface area contributed by atoms with Crippen LogP contribution in [0.5, 0.6) is 0 Å². The van der Waals surface area contributed by atoms with Gasteiger partial charge >= 0.3 is 0 Å². The quantitative estimate of drug-likeness (QED) is 0.474. The minimum absolute atomic E-state index is 0.0209. The highest BCUT2D eigenvalue weighted by Crippen LogP contribution is 2.34. The number of hydrogen-bond donors (Lipinski definition) is 0. The summed E-state index contributed by atoms with van der Waals surface area (Å²) in [5.41, 5.74) is 1.92. The molecule has 0 atom stereocenters. The van der Waals surface area contributed by atoms with E-state index in [0.29, 0.717) is 29.2 Å². The van der Waals surface area contributed by atoms with Gasteiger partial charge in [-0.15, -0.1) is 11.8 Å². The molecule has 0 N–H and O–H groups in total. The van der Waals surface area contributed by atoms with Gasteiger partial charge in [-0.3, -0.25) is 14.9 Å². The molecule has 0 saturated carbocycles. The van der Waals surface area contributed by atoms with Crippen LogP contribution in [0.3, 0.4) is 0 Å². The topological polar surface area (TPSA) is 63.5 Å². The number of halogens is 1. The Kier molecular flexibility index (Phi) is 4.28. The van der Waals surface area contributed by atoms with E-state index in [-0.39, 0.29) is 11.6 Å². The molecular formula is C16H13ClN2O3S. The van der Waals surface area contributed by atoms with Crippen molar-refractivity contribution in [3.63, 3.8) is 0 Å². The highest BCUT2D eigenvalue weighted by molar-refractivity contribution is 7.98. The van der Waals surface area contributed by atoms with Crippen LogP contribution in [0.15, 0.2) is 41.3 Å². The Labute approximate surface area is 142 Å². The van der Waals surface area contributed by atoms with E-state index in [9.17, 15) is 14.9 Å². The number of anilines is 1. The standard InChI is InChI=1S/C16H13ClN2O3S/c1-23-12-4-5-14(17)13(9-12)16(20)18-7-6-10-2-3-11(19(21)22)8-15(10)18/h2-5,8-9H,6-7H2,1H3. The summed E-state index contributed by atoms with van der Waals surface area (Å²) in [5.74, 6) is -0.231. The number of thioether (sulfide) groups is 1. The van der Waals surface area contributed by atoms with Crippen LogP contribution in [0.4, 0.5) is 11.4 Å². The fraction of sp³-hybridized carbons (Fsp3) is 0.188. The van der Waals surface area contributed by atoms with Crippen molar-refractivity contribution in [1.29, 1.82) is 0 Å². The number of amides is 1. The van der Waals surface area contributed by atoms with Gasteiger partial charge in [0.1, 0.15) is 0 Å². The number of nitro groups is 1. The molecule has 0 unspecified atom stereocenters. The van der Waals surface area contributed by atoms with Gasteiger partial charge in [0.15, 0.2) is 0 Å². The predicted molar refractivity (Wildman–Crippen MR) is 91.7 cm³/mol. The molecule has 23 heavy (non-hydrogen) atoms. The number of nitro benzene ring substituents is 1. The molecule has 5 nitrogen and oxygen atoms in total. The number of fused-ring (bicyclic) bond motifs is 1. The molecule has 0 radical (unpaired) electrons. The first-order valence-corrected chi connectivity index (χ1v) is 8.54. The smallest absolute Gasteiger partial charge is 0.271 e. The number of hydrogen-bond acceptors (Lipinski definition) is 4. The van der Waals surface area contributed by atoms with Crippen LogP contribution in [-0.4, -0.2) is 23.6 Å². The molecule has 7 heteroatoms. The highest BCUT2D eigenvalue weighted by Gasteiger charge is 2.28. The maximum atomic E-state index is 12.8. The van der Waals surface area contributed by atoms with Crippen molar-refractivity contribution in [3.8, 4) is 0 Å². The van der Waals surface area contributed by atoms with Crippen molar-refractivity contribution < 1.29 is 9.72 Å². The SMILES string of the molecule is CSc1ccc(Cl)c(C(=O)N2CCc3ccc([N+](=O)[O-])cc32)c1. The zero-order valence-corrected chi connectivity index (χ0v) is 13.9. The monoisotopic (exact) mass is 348 g/mol. The van der Waals surface area contributed by atoms with Gasteiger partial charge in [-0.1, -0.05) is 17.7 Å². The highest BCUT2D eigenvalue weighted by atomic mass is 35.5. The normalized spacial score (nSPS) is 13.0. The Balaban J connectivity index is 2.00. The molecule has 0 spiro atoms. The van der Waals surface area contributed by atoms with Gasteiger partial charge in [0.25, 0.3) is 11.6 Å². The Hall–Kier alpha value is -2.05. The van der Waals surface area contributed by atoms with E-state index in [0.717, 1.165) is 10.5 Å². The lowest BCUT2D eigenvalue weighted by Crippen LogP contribution is -2.29. The minimum Gasteiger partial charge on any atom is -0.307 e. The molecule has 1 aliphatic heterocycles. The summed E-state index contributed by atoms with van der Waals surface area (Å²) in [6, 6.07) is 9.93. The van der Waals surface area contributed by atoms with Gasteiger partial charge in [0.05, 0.1) is 21.2 Å². The fourth-order valence-corrected chi connectivity index (χ4v) is 3.27. The number of carbonyl (C=O) groups excluding carboxylic acids is 1. The second kappa shape index (κ2) is 6.22. The summed E-state index contributed by atoms with van der Waals surface area (Å²) in [4.78, 5) is 25.9. The van der Waals surface area contributed by atoms with E-state index >= 15 is 0 Å². The van der Waals surface area contributed by atoms with E-state index in [1.807, 2.05) is 12.3 Å². The molecule has 3 rings (SSSR count). The van der Waals surface area contributed by atoms with Gasteiger partial charge in [-0.25, -0.2) is 0 Å². The van der Waals surface area contributed by atoms with Gasteiger partial charge in [0.2, 0.25) is 0 Å². The van der Waals surface area contributed by atoms with Crippen LogP contribution in [0.25, 0.3) is 0 Å². The average Bonchev–Trinajstić information content (AvgIpc) is 2.97. The fourth-order valence-electron chi connectivity index (χ4n) is 2.63. The molecule has 1 aliphatic rings. The maximum absolute atomic E-state index is 12.8. The first-order valence-electron chi connectivity index (χ1n) is 6.94. The van der Waals surface area contributed by atoms with Gasteiger partial charge in [-0.05, 0) is 36.4 Å². The van der Waals surface area contributed by atoms with Crippen LogP contribution >= 0.6 is 23.4 Å². The molecule has 0 bridgehead atoms. The van der Waals surface area contributed by atoms with Gasteiger partial charge in [-0.2, -0.15) is 0 Å². The summed E-state index contributed by atoms with van der Waals surface area (Å²) in [6.45, 7) is 0.495. The van der Waals surface area contributed by atoms with E-state index in [2.05, 4.69) is 0 Å². The largest absolute Gasteiger partial charge is 0.307 e. The Morgan fingerprint density at radius 3 is 2.78 bits per heavy atom. The summed E-state index contributed by atoms with van der Waals surface area (Å²) in [6.07, 6.45) is 2.60. The van der Waals surface area contributed by atoms with Crippen LogP contribution in [0.1, 0.15) is 15.9 Å². The van der Waals surface area contributed by atoms with Crippen molar-refractivity contribution in [2.45, 2.75) is 11.3 Å². The lowest BCUT2D eigenvalue weighted by atomic mass is 10.1. The zero-order valence-electron chi connectivity index (χ0n) is 12.3. The molecular weight excluding hydrogens is 336 g/mol. The van der Waals surface area contributed by atoms with Crippen molar-refractivity contribution in [2.75, 3.05) is 17.7 Å². The molecule has 2 aromatic carbocycles. The van der Waals surface area contributed by atoms with Crippen molar-refractivity contribution >= 4 is 40.6 Å².